The number of carbonyl (C=O) groups is 1. The van der Waals surface area contributed by atoms with Crippen molar-refractivity contribution in [1.82, 2.24) is 0 Å². The van der Waals surface area contributed by atoms with Gasteiger partial charge in [0.25, 0.3) is 0 Å². The van der Waals surface area contributed by atoms with Gasteiger partial charge in [0, 0.05) is 5.97 Å². The minimum Gasteiger partial charge on any atom is -0.550 e. The van der Waals surface area contributed by atoms with Crippen LogP contribution in [0, 0.1) is 0 Å². The van der Waals surface area contributed by atoms with Crippen molar-refractivity contribution in [2.24, 2.45) is 0 Å². The number of carboxylic acid groups (broad SMARTS) is 1. The summed E-state index contributed by atoms with van der Waals surface area (Å²) in [6, 6.07) is 0. The van der Waals surface area contributed by atoms with Crippen LogP contribution >= 0.6 is 0 Å². The first-order valence-corrected chi connectivity index (χ1v) is 11.2. The van der Waals surface area contributed by atoms with E-state index in [4.69, 9.17) is 0 Å². The van der Waals surface area contributed by atoms with E-state index < -0.39 is 18.2 Å². The monoisotopic (exact) mass is 413 g/mol. The molecule has 3 N–H and O–H groups in total. The van der Waals surface area contributed by atoms with Crippen LogP contribution < -0.4 is 5.11 Å². The number of rotatable bonds is 19. The minimum absolute atomic E-state index is 0.00191. The maximum absolute atomic E-state index is 10.7. The fourth-order valence-corrected chi connectivity index (χ4v) is 3.55. The Hall–Kier alpha value is -1.21. The number of nitrogens with zero attached hydrogens (tertiary/aromatic N) is 1. The Labute approximate surface area is 177 Å². The molecule has 2 unspecified atom stereocenters. The zero-order valence-corrected chi connectivity index (χ0v) is 18.5. The zero-order valence-electron chi connectivity index (χ0n) is 18.5. The van der Waals surface area contributed by atoms with Crippen molar-refractivity contribution >= 4 is 5.97 Å². The van der Waals surface area contributed by atoms with Crippen molar-refractivity contribution in [3.05, 3.63) is 24.3 Å². The lowest BCUT2D eigenvalue weighted by molar-refractivity contribution is -0.932. The summed E-state index contributed by atoms with van der Waals surface area (Å²) in [6.45, 7) is 5.95. The van der Waals surface area contributed by atoms with Crippen LogP contribution in [0.4, 0.5) is 0 Å². The largest absolute Gasteiger partial charge is 0.550 e. The lowest BCUT2D eigenvalue weighted by Crippen LogP contribution is -2.57. The summed E-state index contributed by atoms with van der Waals surface area (Å²) in [4.78, 5) is 10.7. The maximum atomic E-state index is 10.7. The maximum Gasteiger partial charge on any atom is 0.121 e. The second-order valence-electron chi connectivity index (χ2n) is 7.98. The van der Waals surface area contributed by atoms with Gasteiger partial charge in [-0.15, -0.1) is 0 Å². The van der Waals surface area contributed by atoms with E-state index in [-0.39, 0.29) is 13.0 Å². The first kappa shape index (κ1) is 27.8. The van der Waals surface area contributed by atoms with Crippen molar-refractivity contribution in [3.63, 3.8) is 0 Å². The van der Waals surface area contributed by atoms with Crippen LogP contribution in [0.15, 0.2) is 24.3 Å². The standard InChI is InChI=1S/C23H43NO5/c1-3-5-7-9-13-21(26)19-24(17-18-25,16-12-11-15-23(28)29)20-22(27)14-10-8-6-4-2/h9-10,13-14,21-22,25-27H,3-8,11-12,15-20H2,1-2H3/b13-9+,14-10+. The van der Waals surface area contributed by atoms with Gasteiger partial charge >= 0.3 is 0 Å². The first-order chi connectivity index (χ1) is 13.9. The molecule has 0 aliphatic rings. The van der Waals surface area contributed by atoms with Gasteiger partial charge in [0.15, 0.2) is 0 Å². The van der Waals surface area contributed by atoms with E-state index in [1.807, 2.05) is 12.2 Å². The van der Waals surface area contributed by atoms with Gasteiger partial charge in [-0.3, -0.25) is 0 Å². The summed E-state index contributed by atoms with van der Waals surface area (Å²) in [7, 11) is 0. The normalized spacial score (nSPS) is 16.3. The van der Waals surface area contributed by atoms with E-state index in [1.165, 1.54) is 0 Å². The summed E-state index contributed by atoms with van der Waals surface area (Å²) in [5, 5.41) is 41.4. The Bertz CT molecular complexity index is 438. The number of unbranched alkanes of at least 4 members (excludes halogenated alkanes) is 5. The summed E-state index contributed by atoms with van der Waals surface area (Å²) < 4.78 is 0.349. The van der Waals surface area contributed by atoms with Crippen LogP contribution in [0.2, 0.25) is 0 Å². The second-order valence-corrected chi connectivity index (χ2v) is 7.98. The molecule has 6 nitrogen and oxygen atoms in total. The van der Waals surface area contributed by atoms with Crippen molar-refractivity contribution in [2.45, 2.75) is 83.8 Å². The van der Waals surface area contributed by atoms with Crippen molar-refractivity contribution in [3.8, 4) is 0 Å². The molecule has 2 atom stereocenters. The molecular weight excluding hydrogens is 370 g/mol. The number of aliphatic hydroxyl groups is 3. The molecule has 0 spiro atoms. The summed E-state index contributed by atoms with van der Waals surface area (Å²) in [6.07, 6.45) is 13.5. The van der Waals surface area contributed by atoms with E-state index in [0.717, 1.165) is 38.5 Å². The van der Waals surface area contributed by atoms with Gasteiger partial charge in [0.2, 0.25) is 0 Å². The van der Waals surface area contributed by atoms with Gasteiger partial charge in [-0.05, 0) is 32.1 Å². The molecule has 6 heteroatoms. The van der Waals surface area contributed by atoms with Crippen LogP contribution in [0.3, 0.4) is 0 Å². The number of carbonyl (C=O) groups excluding carboxylic acids is 1. The molecule has 0 aliphatic carbocycles. The van der Waals surface area contributed by atoms with Crippen LogP contribution in [0.1, 0.15) is 71.6 Å². The fourth-order valence-electron chi connectivity index (χ4n) is 3.55. The van der Waals surface area contributed by atoms with Gasteiger partial charge < -0.3 is 29.7 Å². The Morgan fingerprint density at radius 2 is 1.41 bits per heavy atom. The van der Waals surface area contributed by atoms with E-state index in [0.29, 0.717) is 43.5 Å². The molecule has 0 fully saturated rings. The molecule has 29 heavy (non-hydrogen) atoms. The van der Waals surface area contributed by atoms with Crippen LogP contribution in [-0.2, 0) is 4.79 Å². The van der Waals surface area contributed by atoms with Crippen molar-refractivity contribution < 1.29 is 29.7 Å². The average Bonchev–Trinajstić information content (AvgIpc) is 2.66. The highest BCUT2D eigenvalue weighted by Crippen LogP contribution is 2.15. The van der Waals surface area contributed by atoms with Gasteiger partial charge in [0.1, 0.15) is 31.8 Å². The van der Waals surface area contributed by atoms with Gasteiger partial charge in [-0.2, -0.15) is 0 Å². The molecule has 0 amide bonds. The van der Waals surface area contributed by atoms with Crippen molar-refractivity contribution in [1.29, 1.82) is 0 Å². The molecule has 170 valence electrons. The Morgan fingerprint density at radius 3 is 1.83 bits per heavy atom. The average molecular weight is 414 g/mol. The molecule has 0 heterocycles. The summed E-state index contributed by atoms with van der Waals surface area (Å²) >= 11 is 0. The van der Waals surface area contributed by atoms with Gasteiger partial charge in [-0.25, -0.2) is 0 Å². The van der Waals surface area contributed by atoms with E-state index in [9.17, 15) is 25.2 Å². The van der Waals surface area contributed by atoms with Crippen LogP contribution in [0.25, 0.3) is 0 Å². The number of aliphatic carboxylic acids is 1. The molecule has 0 aromatic heterocycles. The number of hydrogen-bond donors (Lipinski definition) is 3. The topological polar surface area (TPSA) is 101 Å². The Balaban J connectivity index is 5.11. The SMILES string of the molecule is CCCC/C=C/C(O)C[N+](CCO)(CCCCC(=O)[O-])CC(O)/C=C/CCCC. The fraction of sp³-hybridized carbons (Fsp3) is 0.783. The molecule has 0 aromatic rings. The molecule has 0 saturated heterocycles. The van der Waals surface area contributed by atoms with Gasteiger partial charge in [0.05, 0.1) is 13.2 Å². The molecule has 0 rings (SSSR count). The lowest BCUT2D eigenvalue weighted by atomic mass is 10.1. The predicted molar refractivity (Wildman–Crippen MR) is 115 cm³/mol. The molecule has 0 saturated carbocycles. The Morgan fingerprint density at radius 1 is 0.897 bits per heavy atom. The number of hydrogen-bond acceptors (Lipinski definition) is 5. The molecule has 0 radical (unpaired) electrons. The number of aliphatic hydroxyl groups excluding tert-OH is 3. The van der Waals surface area contributed by atoms with Gasteiger partial charge in [-0.1, -0.05) is 63.8 Å². The van der Waals surface area contributed by atoms with Crippen molar-refractivity contribution in [2.75, 3.05) is 32.8 Å². The lowest BCUT2D eigenvalue weighted by Gasteiger charge is -2.40. The number of allylic oxidation sites excluding steroid dienone is 2. The Kier molecular flexibility index (Phi) is 16.9. The number of carboxylic acids is 1. The van der Waals surface area contributed by atoms with Crippen LogP contribution in [-0.4, -0.2) is 70.8 Å². The first-order valence-electron chi connectivity index (χ1n) is 11.2. The highest BCUT2D eigenvalue weighted by atomic mass is 16.4. The minimum atomic E-state index is -1.07. The molecule has 0 aliphatic heterocycles. The third kappa shape index (κ3) is 15.3. The summed E-state index contributed by atoms with van der Waals surface area (Å²) in [5.74, 6) is -1.07. The predicted octanol–water partition coefficient (Wildman–Crippen LogP) is 1.93. The molecular formula is C23H43NO5. The second kappa shape index (κ2) is 17.6. The third-order valence-electron chi connectivity index (χ3n) is 5.15. The smallest absolute Gasteiger partial charge is 0.121 e. The van der Waals surface area contributed by atoms with E-state index in [1.54, 1.807) is 12.2 Å². The zero-order chi connectivity index (χ0) is 22.0. The molecule has 0 bridgehead atoms. The highest BCUT2D eigenvalue weighted by Gasteiger charge is 2.31. The third-order valence-corrected chi connectivity index (χ3v) is 5.15. The van der Waals surface area contributed by atoms with Crippen LogP contribution in [0.5, 0.6) is 0 Å². The highest BCUT2D eigenvalue weighted by molar-refractivity contribution is 5.64. The number of quaternary nitrogens is 1. The molecule has 0 aromatic carbocycles. The van der Waals surface area contributed by atoms with E-state index in [2.05, 4.69) is 13.8 Å². The van der Waals surface area contributed by atoms with E-state index >= 15 is 0 Å². The summed E-state index contributed by atoms with van der Waals surface area (Å²) in [5.41, 5.74) is 0. The quantitative estimate of drug-likeness (QED) is 0.171.